The number of ether oxygens (including phenoxy) is 4. The van der Waals surface area contributed by atoms with Gasteiger partial charge in [0.2, 0.25) is 0 Å². The Hall–Kier alpha value is -1.94. The van der Waals surface area contributed by atoms with Crippen molar-refractivity contribution in [1.29, 1.82) is 0 Å². The van der Waals surface area contributed by atoms with Gasteiger partial charge in [0.15, 0.2) is 12.2 Å². The van der Waals surface area contributed by atoms with Crippen molar-refractivity contribution in [2.75, 3.05) is 39.6 Å². The summed E-state index contributed by atoms with van der Waals surface area (Å²) in [5.41, 5.74) is 0. The Kier molecular flexibility index (Phi) is 70.6. The summed E-state index contributed by atoms with van der Waals surface area (Å²) < 4.78 is 68.5. The lowest BCUT2D eigenvalue weighted by Crippen LogP contribution is -2.30. The Labute approximate surface area is 600 Å². The van der Waals surface area contributed by atoms with Gasteiger partial charge in [0.25, 0.3) is 0 Å². The highest BCUT2D eigenvalue weighted by Gasteiger charge is 2.30. The van der Waals surface area contributed by atoms with Crippen molar-refractivity contribution in [2.45, 2.75) is 438 Å². The third kappa shape index (κ3) is 72.4. The number of hydrogen-bond donors (Lipinski definition) is 3. The van der Waals surface area contributed by atoms with Crippen LogP contribution in [0.15, 0.2) is 0 Å². The minimum absolute atomic E-state index is 0.106. The van der Waals surface area contributed by atoms with E-state index in [0.717, 1.165) is 95.8 Å². The fourth-order valence-corrected chi connectivity index (χ4v) is 13.8. The van der Waals surface area contributed by atoms with Gasteiger partial charge in [0, 0.05) is 25.7 Å². The molecule has 0 amide bonds. The van der Waals surface area contributed by atoms with E-state index in [9.17, 15) is 43.2 Å². The molecule has 2 unspecified atom stereocenters. The first kappa shape index (κ1) is 96.1. The van der Waals surface area contributed by atoms with Crippen molar-refractivity contribution in [3.63, 3.8) is 0 Å². The van der Waals surface area contributed by atoms with Crippen molar-refractivity contribution >= 4 is 39.5 Å². The molecule has 582 valence electrons. The van der Waals surface area contributed by atoms with Crippen LogP contribution in [0.2, 0.25) is 0 Å². The van der Waals surface area contributed by atoms with E-state index in [4.69, 9.17) is 37.0 Å². The van der Waals surface area contributed by atoms with E-state index in [1.54, 1.807) is 0 Å². The summed E-state index contributed by atoms with van der Waals surface area (Å²) >= 11 is 0. The molecule has 19 heteroatoms. The van der Waals surface area contributed by atoms with Gasteiger partial charge < -0.3 is 33.8 Å². The van der Waals surface area contributed by atoms with Gasteiger partial charge in [-0.15, -0.1) is 0 Å². The quantitative estimate of drug-likeness (QED) is 0.0222. The van der Waals surface area contributed by atoms with E-state index < -0.39 is 97.5 Å². The van der Waals surface area contributed by atoms with Crippen LogP contribution < -0.4 is 0 Å². The van der Waals surface area contributed by atoms with Crippen LogP contribution >= 0.6 is 15.6 Å². The molecule has 0 spiro atoms. The van der Waals surface area contributed by atoms with Crippen LogP contribution in [0.1, 0.15) is 420 Å². The maximum absolute atomic E-state index is 13.1. The first-order chi connectivity index (χ1) is 47.5. The van der Waals surface area contributed by atoms with Crippen LogP contribution in [-0.2, 0) is 65.4 Å². The van der Waals surface area contributed by atoms with Crippen molar-refractivity contribution < 1.29 is 80.2 Å². The molecule has 0 fully saturated rings. The first-order valence-corrected chi connectivity index (χ1v) is 44.1. The molecule has 0 saturated heterocycles. The van der Waals surface area contributed by atoms with E-state index in [1.807, 2.05) is 0 Å². The molecule has 0 aromatic rings. The molecule has 0 aliphatic rings. The third-order valence-electron chi connectivity index (χ3n) is 18.5. The third-order valence-corrected chi connectivity index (χ3v) is 20.4. The highest BCUT2D eigenvalue weighted by Crippen LogP contribution is 2.45. The van der Waals surface area contributed by atoms with Gasteiger partial charge in [0.1, 0.15) is 19.3 Å². The summed E-state index contributed by atoms with van der Waals surface area (Å²) in [5, 5.41) is 10.6. The second-order valence-electron chi connectivity index (χ2n) is 28.9. The van der Waals surface area contributed by atoms with Crippen molar-refractivity contribution in [3.05, 3.63) is 0 Å². The number of hydrogen-bond acceptors (Lipinski definition) is 15. The van der Waals surface area contributed by atoms with Crippen LogP contribution in [0.3, 0.4) is 0 Å². The lowest BCUT2D eigenvalue weighted by Gasteiger charge is -2.21. The molecular formula is C79H154O17P2. The predicted molar refractivity (Wildman–Crippen MR) is 400 cm³/mol. The van der Waals surface area contributed by atoms with Crippen LogP contribution in [0.4, 0.5) is 0 Å². The van der Waals surface area contributed by atoms with Gasteiger partial charge in [-0.05, 0) is 31.6 Å². The maximum atomic E-state index is 13.1. The lowest BCUT2D eigenvalue weighted by molar-refractivity contribution is -0.161. The van der Waals surface area contributed by atoms with Crippen LogP contribution in [0.25, 0.3) is 0 Å². The zero-order valence-corrected chi connectivity index (χ0v) is 65.7. The molecule has 0 aliphatic heterocycles. The van der Waals surface area contributed by atoms with Gasteiger partial charge in [0.05, 0.1) is 26.4 Å². The zero-order chi connectivity index (χ0) is 71.9. The van der Waals surface area contributed by atoms with Crippen LogP contribution in [0, 0.1) is 5.92 Å². The average Bonchev–Trinajstić information content (AvgIpc) is 1.28. The molecular weight excluding hydrogens is 1280 g/mol. The zero-order valence-electron chi connectivity index (χ0n) is 63.9. The van der Waals surface area contributed by atoms with Crippen molar-refractivity contribution in [1.82, 2.24) is 0 Å². The molecule has 98 heavy (non-hydrogen) atoms. The van der Waals surface area contributed by atoms with Gasteiger partial charge in [-0.2, -0.15) is 0 Å². The average molecular weight is 1440 g/mol. The highest BCUT2D eigenvalue weighted by atomic mass is 31.2. The van der Waals surface area contributed by atoms with Gasteiger partial charge in [-0.1, -0.05) is 369 Å². The molecule has 17 nitrogen and oxygen atoms in total. The Morgan fingerprint density at radius 3 is 0.694 bits per heavy atom. The second-order valence-corrected chi connectivity index (χ2v) is 31.8. The number of phosphoric acid groups is 2. The number of unbranched alkanes of at least 4 members (excludes halogenated alkanes) is 51. The fourth-order valence-electron chi connectivity index (χ4n) is 12.2. The second kappa shape index (κ2) is 72.0. The number of aliphatic hydroxyl groups excluding tert-OH is 1. The standard InChI is InChI=1S/C79H154O17P2/c1-6-9-12-15-18-21-22-23-24-25-26-27-28-29-30-33-37-40-45-50-55-60-65-79(84)96-75(69-90-77(82)63-58-53-48-44-39-36-34-31-32-35-38-43-46-51-56-61-72(4)5)71-94-98(87,88)92-67-73(80)66-91-97(85,86)93-70-74(95-78(83)64-59-54-49-42-20-17-14-11-8-3)68-89-76(81)62-57-52-47-41-19-16-13-10-7-2/h72-75,80H,6-71H2,1-5H3,(H,85,86)(H,87,88)/t73-,74+,75+/m0/s1. The molecule has 3 N–H and O–H groups in total. The Balaban J connectivity index is 5.15. The monoisotopic (exact) mass is 1440 g/mol. The summed E-state index contributed by atoms with van der Waals surface area (Å²) in [6.07, 6.45) is 62.7. The van der Waals surface area contributed by atoms with E-state index in [-0.39, 0.29) is 25.7 Å². The molecule has 0 aromatic carbocycles. The van der Waals surface area contributed by atoms with Crippen LogP contribution in [-0.4, -0.2) is 96.7 Å². The van der Waals surface area contributed by atoms with Crippen LogP contribution in [0.5, 0.6) is 0 Å². The smallest absolute Gasteiger partial charge is 0.462 e. The van der Waals surface area contributed by atoms with Gasteiger partial charge in [-0.3, -0.25) is 37.3 Å². The minimum Gasteiger partial charge on any atom is -0.462 e. The molecule has 0 rings (SSSR count). The molecule has 0 aromatic heterocycles. The lowest BCUT2D eigenvalue weighted by atomic mass is 10.0. The molecule has 0 radical (unpaired) electrons. The molecule has 0 aliphatic carbocycles. The fraction of sp³-hybridized carbons (Fsp3) is 0.949. The summed E-state index contributed by atoms with van der Waals surface area (Å²) in [6.45, 7) is 7.30. The van der Waals surface area contributed by atoms with E-state index in [0.29, 0.717) is 25.7 Å². The number of aliphatic hydroxyl groups is 1. The number of carbonyl (C=O) groups is 4. The molecule has 0 heterocycles. The largest absolute Gasteiger partial charge is 0.472 e. The molecule has 5 atom stereocenters. The predicted octanol–water partition coefficient (Wildman–Crippen LogP) is 23.6. The normalized spacial score (nSPS) is 13.9. The Morgan fingerprint density at radius 1 is 0.276 bits per heavy atom. The Morgan fingerprint density at radius 2 is 0.469 bits per heavy atom. The number of carbonyl (C=O) groups excluding carboxylic acids is 4. The maximum Gasteiger partial charge on any atom is 0.472 e. The van der Waals surface area contributed by atoms with Crippen molar-refractivity contribution in [3.8, 4) is 0 Å². The molecule has 0 bridgehead atoms. The topological polar surface area (TPSA) is 237 Å². The SMILES string of the molecule is CCCCCCCCCCCCCCCCCCCCCCCCC(=O)O[C@H](COC(=O)CCCCCCCCCCCCCCCCCC(C)C)COP(=O)(O)OC[C@@H](O)COP(=O)(O)OC[C@@H](COC(=O)CCCCCCCCCCC)OC(=O)CCCCCCCCCCC. The number of phosphoric ester groups is 2. The highest BCUT2D eigenvalue weighted by molar-refractivity contribution is 7.47. The molecule has 0 saturated carbocycles. The summed E-state index contributed by atoms with van der Waals surface area (Å²) in [6, 6.07) is 0. The summed E-state index contributed by atoms with van der Waals surface area (Å²) in [7, 11) is -9.91. The summed E-state index contributed by atoms with van der Waals surface area (Å²) in [5.74, 6) is -1.31. The number of esters is 4. The minimum atomic E-state index is -4.96. The number of rotatable bonds is 79. The van der Waals surface area contributed by atoms with Crippen molar-refractivity contribution in [2.24, 2.45) is 5.92 Å². The van der Waals surface area contributed by atoms with E-state index in [2.05, 4.69) is 34.6 Å². The van der Waals surface area contributed by atoms with E-state index in [1.165, 1.54) is 244 Å². The Bertz CT molecular complexity index is 1870. The van der Waals surface area contributed by atoms with E-state index >= 15 is 0 Å². The first-order valence-electron chi connectivity index (χ1n) is 41.1. The summed E-state index contributed by atoms with van der Waals surface area (Å²) in [4.78, 5) is 72.8. The van der Waals surface area contributed by atoms with Gasteiger partial charge >= 0.3 is 39.5 Å². The van der Waals surface area contributed by atoms with Gasteiger partial charge in [-0.25, -0.2) is 9.13 Å².